The molecule has 10 heteroatoms. The number of thiocarbonyl (C=S) groups is 1. The Balaban J connectivity index is 1.56. The predicted molar refractivity (Wildman–Crippen MR) is 161 cm³/mol. The summed E-state index contributed by atoms with van der Waals surface area (Å²) in [5.74, 6) is 0.590. The summed E-state index contributed by atoms with van der Waals surface area (Å²) < 4.78 is 5.76. The van der Waals surface area contributed by atoms with Crippen LogP contribution < -0.4 is 14.5 Å². The summed E-state index contributed by atoms with van der Waals surface area (Å²) in [6, 6.07) is 27.8. The largest absolute Gasteiger partial charge is 0.496 e. The molecule has 0 amide bonds. The number of rotatable bonds is 4. The van der Waals surface area contributed by atoms with E-state index >= 15 is 0 Å². The molecule has 7 nitrogen and oxygen atoms in total. The molecule has 3 aliphatic rings. The summed E-state index contributed by atoms with van der Waals surface area (Å²) in [6.45, 7) is 1.31. The first-order valence-electron chi connectivity index (χ1n) is 12.7. The highest BCUT2D eigenvalue weighted by atomic mass is 35.5. The minimum Gasteiger partial charge on any atom is -0.496 e. The lowest BCUT2D eigenvalue weighted by atomic mass is 9.53. The summed E-state index contributed by atoms with van der Waals surface area (Å²) in [4.78, 5) is 11.5. The van der Waals surface area contributed by atoms with Crippen molar-refractivity contribution in [3.63, 3.8) is 0 Å². The minimum atomic E-state index is -1.24. The van der Waals surface area contributed by atoms with Gasteiger partial charge in [-0.15, -0.1) is 0 Å². The van der Waals surface area contributed by atoms with Crippen molar-refractivity contribution in [1.29, 1.82) is 10.5 Å². The Kier molecular flexibility index (Phi) is 6.59. The van der Waals surface area contributed by atoms with Crippen molar-refractivity contribution in [2.24, 2.45) is 15.8 Å². The maximum atomic E-state index is 11.1. The topological polar surface area (TPSA) is 78.9 Å². The molecule has 0 unspecified atom stereocenters. The molecule has 0 aliphatic carbocycles. The smallest absolute Gasteiger partial charge is 0.141 e. The van der Waals surface area contributed by atoms with Gasteiger partial charge in [-0.1, -0.05) is 53.6 Å². The number of amidine groups is 1. The molecule has 3 atom stereocenters. The number of piperidine rings is 2. The van der Waals surface area contributed by atoms with E-state index in [0.717, 1.165) is 16.9 Å². The highest BCUT2D eigenvalue weighted by Crippen LogP contribution is 2.60. The number of hydrogen-bond acceptors (Lipinski definition) is 7. The van der Waals surface area contributed by atoms with E-state index in [0.29, 0.717) is 53.0 Å². The van der Waals surface area contributed by atoms with Crippen LogP contribution in [-0.2, 0) is 0 Å². The first kappa shape index (κ1) is 26.4. The zero-order chi connectivity index (χ0) is 28.1. The molecule has 2 saturated heterocycles. The molecule has 3 aromatic carbocycles. The van der Waals surface area contributed by atoms with Crippen LogP contribution in [0.3, 0.4) is 0 Å². The molecule has 3 aliphatic heterocycles. The molecule has 0 radical (unpaired) electrons. The fraction of sp³-hybridized carbons (Fsp3) is 0.267. The van der Waals surface area contributed by atoms with Crippen molar-refractivity contribution in [3.8, 4) is 17.9 Å². The van der Waals surface area contributed by atoms with E-state index in [4.69, 9.17) is 45.1 Å². The Morgan fingerprint density at radius 2 is 1.45 bits per heavy atom. The van der Waals surface area contributed by atoms with Gasteiger partial charge in [-0.2, -0.15) is 10.5 Å². The number of benzene rings is 3. The van der Waals surface area contributed by atoms with Gasteiger partial charge >= 0.3 is 0 Å². The van der Waals surface area contributed by atoms with Crippen LogP contribution in [0.2, 0.25) is 10.0 Å². The van der Waals surface area contributed by atoms with Gasteiger partial charge in [-0.3, -0.25) is 0 Å². The van der Waals surface area contributed by atoms with E-state index in [1.807, 2.05) is 77.7 Å². The molecular weight excluding hydrogens is 563 g/mol. The van der Waals surface area contributed by atoms with Crippen molar-refractivity contribution in [1.82, 2.24) is 4.90 Å². The number of hydrogen-bond donors (Lipinski definition) is 0. The standard InChI is InChI=1S/C30H24Cl2N6OS/c1-39-25-5-3-2-4-24(25)26-29(14-33)16-36(22-10-6-20(31)7-11-22)17-30(26,15-34)28(40)38-19-37(18-35-27(29)38)23-12-8-21(32)9-13-23/h2-13,26H,16-19H2,1H3/t26-,29+,30+/m0/s1. The molecular formula is C30H24Cl2N6OS. The van der Waals surface area contributed by atoms with Crippen LogP contribution >= 0.6 is 35.4 Å². The molecule has 0 saturated carbocycles. The summed E-state index contributed by atoms with van der Waals surface area (Å²) in [5, 5.41) is 23.4. The average Bonchev–Trinajstić information content (AvgIpc) is 3.00. The maximum Gasteiger partial charge on any atom is 0.141 e. The number of anilines is 2. The second kappa shape index (κ2) is 9.98. The monoisotopic (exact) mass is 586 g/mol. The Morgan fingerprint density at radius 3 is 2.05 bits per heavy atom. The van der Waals surface area contributed by atoms with Gasteiger partial charge in [-0.05, 0) is 54.6 Å². The Morgan fingerprint density at radius 1 is 0.875 bits per heavy atom. The molecule has 0 N–H and O–H groups in total. The van der Waals surface area contributed by atoms with Gasteiger partial charge < -0.3 is 19.4 Å². The third kappa shape index (κ3) is 3.90. The highest BCUT2D eigenvalue weighted by molar-refractivity contribution is 7.80. The van der Waals surface area contributed by atoms with Crippen LogP contribution in [0.25, 0.3) is 0 Å². The minimum absolute atomic E-state index is 0.292. The molecule has 3 heterocycles. The van der Waals surface area contributed by atoms with E-state index in [-0.39, 0.29) is 0 Å². The van der Waals surface area contributed by atoms with Crippen LogP contribution in [0.15, 0.2) is 77.8 Å². The lowest BCUT2D eigenvalue weighted by Gasteiger charge is -2.61. The number of methoxy groups -OCH3 is 1. The van der Waals surface area contributed by atoms with Gasteiger partial charge in [0.1, 0.15) is 34.1 Å². The maximum absolute atomic E-state index is 11.1. The molecule has 2 bridgehead atoms. The van der Waals surface area contributed by atoms with Gasteiger partial charge in [0.2, 0.25) is 0 Å². The van der Waals surface area contributed by atoms with Crippen LogP contribution in [0.1, 0.15) is 11.5 Å². The summed E-state index contributed by atoms with van der Waals surface area (Å²) in [7, 11) is 1.60. The number of para-hydroxylation sites is 1. The van der Waals surface area contributed by atoms with Crippen LogP contribution in [0, 0.1) is 33.5 Å². The zero-order valence-corrected chi connectivity index (χ0v) is 23.9. The van der Waals surface area contributed by atoms with Crippen LogP contribution in [0.4, 0.5) is 11.4 Å². The number of ether oxygens (including phenoxy) is 1. The lowest BCUT2D eigenvalue weighted by Crippen LogP contribution is -2.73. The normalized spacial score (nSPS) is 25.4. The van der Waals surface area contributed by atoms with E-state index in [9.17, 15) is 10.5 Å². The third-order valence-corrected chi connectivity index (χ3v) is 9.17. The van der Waals surface area contributed by atoms with Gasteiger partial charge in [-0.25, -0.2) is 4.99 Å². The first-order valence-corrected chi connectivity index (χ1v) is 13.9. The molecule has 0 aromatic heterocycles. The summed E-state index contributed by atoms with van der Waals surface area (Å²) >= 11 is 18.5. The molecule has 2 fully saturated rings. The summed E-state index contributed by atoms with van der Waals surface area (Å²) in [6.07, 6.45) is 0. The molecule has 0 spiro atoms. The fourth-order valence-electron chi connectivity index (χ4n) is 6.34. The van der Waals surface area contributed by atoms with E-state index in [1.54, 1.807) is 7.11 Å². The quantitative estimate of drug-likeness (QED) is 0.341. The number of nitriles is 2. The average molecular weight is 588 g/mol. The number of fused-ring (bicyclic) bond motifs is 4. The molecule has 200 valence electrons. The van der Waals surface area contributed by atoms with Crippen molar-refractivity contribution in [2.75, 3.05) is 43.3 Å². The van der Waals surface area contributed by atoms with Crippen molar-refractivity contribution in [2.45, 2.75) is 5.92 Å². The van der Waals surface area contributed by atoms with E-state index in [2.05, 4.69) is 21.9 Å². The molecule has 40 heavy (non-hydrogen) atoms. The number of halogens is 2. The van der Waals surface area contributed by atoms with Crippen molar-refractivity contribution >= 4 is 57.6 Å². The fourth-order valence-corrected chi connectivity index (χ4v) is 6.96. The van der Waals surface area contributed by atoms with Crippen LogP contribution in [-0.4, -0.2) is 49.3 Å². The Hall–Kier alpha value is -3.82. The predicted octanol–water partition coefficient (Wildman–Crippen LogP) is 6.10. The van der Waals surface area contributed by atoms with Crippen LogP contribution in [0.5, 0.6) is 5.75 Å². The number of nitrogens with zero attached hydrogens (tertiary/aromatic N) is 6. The van der Waals surface area contributed by atoms with Gasteiger partial charge in [0.25, 0.3) is 0 Å². The van der Waals surface area contributed by atoms with Gasteiger partial charge in [0.15, 0.2) is 0 Å². The number of aliphatic imine (C=N–C) groups is 1. The molecule has 3 aromatic rings. The highest BCUT2D eigenvalue weighted by Gasteiger charge is 2.68. The second-order valence-corrected chi connectivity index (χ2v) is 11.4. The van der Waals surface area contributed by atoms with E-state index in [1.165, 1.54) is 0 Å². The van der Waals surface area contributed by atoms with Gasteiger partial charge in [0.05, 0.1) is 25.9 Å². The summed E-state index contributed by atoms with van der Waals surface area (Å²) in [5.41, 5.74) is 0.120. The zero-order valence-electron chi connectivity index (χ0n) is 21.6. The lowest BCUT2D eigenvalue weighted by molar-refractivity contribution is 0.202. The second-order valence-electron chi connectivity index (χ2n) is 10.2. The van der Waals surface area contributed by atoms with Gasteiger partial charge in [0, 0.05) is 46.0 Å². The third-order valence-electron chi connectivity index (χ3n) is 8.08. The molecule has 6 rings (SSSR count). The van der Waals surface area contributed by atoms with E-state index < -0.39 is 16.7 Å². The first-order chi connectivity index (χ1) is 19.4. The SMILES string of the molecule is COc1ccccc1[C@@H]1[C@@]2(C#N)CN(c3ccc(Cl)cc3)C[C@@]1(C#N)C1=NCN(c3ccc(Cl)cc3)CN1C2=S. The Bertz CT molecular complexity index is 1600. The Labute approximate surface area is 248 Å². The van der Waals surface area contributed by atoms with Crippen molar-refractivity contribution < 1.29 is 4.74 Å². The van der Waals surface area contributed by atoms with Crippen molar-refractivity contribution in [3.05, 3.63) is 88.4 Å².